The fraction of sp³-hybridized carbons (Fsp3) is 0.500. The van der Waals surface area contributed by atoms with Crippen LogP contribution in [-0.4, -0.2) is 4.98 Å². The maximum absolute atomic E-state index is 4.41. The van der Waals surface area contributed by atoms with Crippen molar-refractivity contribution in [3.05, 3.63) is 29.1 Å². The van der Waals surface area contributed by atoms with Gasteiger partial charge in [-0.3, -0.25) is 4.98 Å². The number of aryl methyl sites for hydroxylation is 2. The normalized spacial score (nSPS) is 21.8. The van der Waals surface area contributed by atoms with Gasteiger partial charge >= 0.3 is 0 Å². The Hall–Kier alpha value is -0.850. The lowest BCUT2D eigenvalue weighted by Crippen LogP contribution is -1.90. The molecule has 1 aromatic heterocycles. The van der Waals surface area contributed by atoms with E-state index in [0.29, 0.717) is 0 Å². The highest BCUT2D eigenvalue weighted by Gasteiger charge is 2.18. The van der Waals surface area contributed by atoms with Gasteiger partial charge in [0.1, 0.15) is 0 Å². The zero-order valence-corrected chi connectivity index (χ0v) is 7.09. The van der Waals surface area contributed by atoms with E-state index in [2.05, 4.69) is 24.9 Å². The Morgan fingerprint density at radius 3 is 3.18 bits per heavy atom. The fourth-order valence-electron chi connectivity index (χ4n) is 1.76. The van der Waals surface area contributed by atoms with Crippen molar-refractivity contribution < 1.29 is 0 Å². The second-order valence-electron chi connectivity index (χ2n) is 3.49. The van der Waals surface area contributed by atoms with E-state index in [-0.39, 0.29) is 0 Å². The van der Waals surface area contributed by atoms with Gasteiger partial charge in [-0.15, -0.1) is 0 Å². The lowest BCUT2D eigenvalue weighted by molar-refractivity contribution is 0.746. The first-order valence-electron chi connectivity index (χ1n) is 4.23. The van der Waals surface area contributed by atoms with Gasteiger partial charge in [-0.1, -0.05) is 13.0 Å². The lowest BCUT2D eigenvalue weighted by Gasteiger charge is -2.03. The van der Waals surface area contributed by atoms with Crippen LogP contribution in [0.5, 0.6) is 0 Å². The molecular formula is C10H13N. The van der Waals surface area contributed by atoms with Gasteiger partial charge in [0.2, 0.25) is 0 Å². The van der Waals surface area contributed by atoms with E-state index in [1.165, 1.54) is 29.7 Å². The van der Waals surface area contributed by atoms with Crippen molar-refractivity contribution in [3.63, 3.8) is 0 Å². The second kappa shape index (κ2) is 2.33. The predicted octanol–water partition coefficient (Wildman–Crippen LogP) is 2.44. The van der Waals surface area contributed by atoms with Gasteiger partial charge in [-0.2, -0.15) is 0 Å². The highest BCUT2D eigenvalue weighted by Crippen LogP contribution is 2.31. The first kappa shape index (κ1) is 6.84. The second-order valence-corrected chi connectivity index (χ2v) is 3.49. The quantitative estimate of drug-likeness (QED) is 0.549. The van der Waals surface area contributed by atoms with Crippen LogP contribution in [0.1, 0.15) is 36.1 Å². The highest BCUT2D eigenvalue weighted by atomic mass is 14.7. The van der Waals surface area contributed by atoms with Crippen LogP contribution in [0.15, 0.2) is 12.3 Å². The van der Waals surface area contributed by atoms with Crippen molar-refractivity contribution in [2.45, 2.75) is 32.6 Å². The Kier molecular flexibility index (Phi) is 1.45. The molecule has 0 radical (unpaired) electrons. The van der Waals surface area contributed by atoms with Gasteiger partial charge in [0.25, 0.3) is 0 Å². The molecule has 0 amide bonds. The van der Waals surface area contributed by atoms with Crippen LogP contribution in [0.4, 0.5) is 0 Å². The molecule has 0 saturated carbocycles. The van der Waals surface area contributed by atoms with Gasteiger partial charge in [0, 0.05) is 11.9 Å². The minimum absolute atomic E-state index is 0.734. The van der Waals surface area contributed by atoms with E-state index >= 15 is 0 Å². The number of hydrogen-bond acceptors (Lipinski definition) is 1. The van der Waals surface area contributed by atoms with E-state index in [4.69, 9.17) is 0 Å². The predicted molar refractivity (Wildman–Crippen MR) is 45.7 cm³/mol. The zero-order chi connectivity index (χ0) is 7.84. The number of pyridine rings is 1. The molecular weight excluding hydrogens is 134 g/mol. The van der Waals surface area contributed by atoms with Gasteiger partial charge < -0.3 is 0 Å². The maximum atomic E-state index is 4.41. The SMILES string of the molecule is Cc1cnc2c(c1)C(C)CC2. The summed E-state index contributed by atoms with van der Waals surface area (Å²) in [7, 11) is 0. The molecule has 0 bridgehead atoms. The number of rotatable bonds is 0. The van der Waals surface area contributed by atoms with Crippen LogP contribution in [0.2, 0.25) is 0 Å². The summed E-state index contributed by atoms with van der Waals surface area (Å²) in [4.78, 5) is 4.41. The molecule has 11 heavy (non-hydrogen) atoms. The number of fused-ring (bicyclic) bond motifs is 1. The summed E-state index contributed by atoms with van der Waals surface area (Å²) in [5, 5.41) is 0. The third-order valence-corrected chi connectivity index (χ3v) is 2.49. The molecule has 1 aliphatic rings. The van der Waals surface area contributed by atoms with Gasteiger partial charge in [0.05, 0.1) is 0 Å². The van der Waals surface area contributed by atoms with Crippen LogP contribution in [-0.2, 0) is 6.42 Å². The lowest BCUT2D eigenvalue weighted by atomic mass is 10.0. The molecule has 0 aromatic carbocycles. The smallest absolute Gasteiger partial charge is 0.0438 e. The third kappa shape index (κ3) is 1.05. The zero-order valence-electron chi connectivity index (χ0n) is 7.09. The molecule has 0 N–H and O–H groups in total. The minimum atomic E-state index is 0.734. The van der Waals surface area contributed by atoms with E-state index in [1.807, 2.05) is 6.20 Å². The molecule has 1 aliphatic carbocycles. The van der Waals surface area contributed by atoms with Crippen LogP contribution in [0, 0.1) is 6.92 Å². The Morgan fingerprint density at radius 1 is 1.55 bits per heavy atom. The number of aromatic nitrogens is 1. The molecule has 1 nitrogen and oxygen atoms in total. The molecule has 1 heterocycles. The van der Waals surface area contributed by atoms with E-state index < -0.39 is 0 Å². The first-order chi connectivity index (χ1) is 5.27. The molecule has 2 rings (SSSR count). The molecule has 0 fully saturated rings. The van der Waals surface area contributed by atoms with Gasteiger partial charge in [-0.05, 0) is 36.8 Å². The molecule has 1 aromatic rings. The maximum Gasteiger partial charge on any atom is 0.0438 e. The van der Waals surface area contributed by atoms with Crippen molar-refractivity contribution >= 4 is 0 Å². The van der Waals surface area contributed by atoms with E-state index in [0.717, 1.165) is 5.92 Å². The molecule has 58 valence electrons. The topological polar surface area (TPSA) is 12.9 Å². The molecule has 1 heteroatoms. The molecule has 0 aliphatic heterocycles. The molecule has 0 spiro atoms. The average Bonchev–Trinajstić information content (AvgIpc) is 2.33. The fourth-order valence-corrected chi connectivity index (χ4v) is 1.76. The largest absolute Gasteiger partial charge is 0.261 e. The molecule has 1 unspecified atom stereocenters. The van der Waals surface area contributed by atoms with Gasteiger partial charge in [-0.25, -0.2) is 0 Å². The van der Waals surface area contributed by atoms with Crippen molar-refractivity contribution in [3.8, 4) is 0 Å². The Labute approximate surface area is 67.5 Å². The molecule has 0 saturated heterocycles. The molecule has 1 atom stereocenters. The van der Waals surface area contributed by atoms with Crippen molar-refractivity contribution in [1.29, 1.82) is 0 Å². The van der Waals surface area contributed by atoms with Crippen molar-refractivity contribution in [2.24, 2.45) is 0 Å². The Bertz CT molecular complexity index is 278. The summed E-state index contributed by atoms with van der Waals surface area (Å²) in [5.74, 6) is 0.734. The monoisotopic (exact) mass is 147 g/mol. The van der Waals surface area contributed by atoms with E-state index in [1.54, 1.807) is 0 Å². The average molecular weight is 147 g/mol. The summed E-state index contributed by atoms with van der Waals surface area (Å²) < 4.78 is 0. The van der Waals surface area contributed by atoms with Crippen LogP contribution in [0.25, 0.3) is 0 Å². The standard InChI is InChI=1S/C10H13N/c1-7-5-9-8(2)3-4-10(9)11-6-7/h5-6,8H,3-4H2,1-2H3. The first-order valence-corrected chi connectivity index (χ1v) is 4.23. The van der Waals surface area contributed by atoms with E-state index in [9.17, 15) is 0 Å². The Morgan fingerprint density at radius 2 is 2.36 bits per heavy atom. The summed E-state index contributed by atoms with van der Waals surface area (Å²) in [6.07, 6.45) is 4.43. The summed E-state index contributed by atoms with van der Waals surface area (Å²) in [6.45, 7) is 4.39. The van der Waals surface area contributed by atoms with Crippen molar-refractivity contribution in [2.75, 3.05) is 0 Å². The highest BCUT2D eigenvalue weighted by molar-refractivity contribution is 5.31. The van der Waals surface area contributed by atoms with Crippen molar-refractivity contribution in [1.82, 2.24) is 4.98 Å². The van der Waals surface area contributed by atoms with Crippen LogP contribution < -0.4 is 0 Å². The third-order valence-electron chi connectivity index (χ3n) is 2.49. The summed E-state index contributed by atoms with van der Waals surface area (Å²) in [6, 6.07) is 2.28. The number of hydrogen-bond donors (Lipinski definition) is 0. The Balaban J connectivity index is 2.52. The van der Waals surface area contributed by atoms with Crippen LogP contribution in [0.3, 0.4) is 0 Å². The number of nitrogens with zero attached hydrogens (tertiary/aromatic N) is 1. The summed E-state index contributed by atoms with van der Waals surface area (Å²) in [5.41, 5.74) is 4.09. The van der Waals surface area contributed by atoms with Gasteiger partial charge in [0.15, 0.2) is 0 Å². The van der Waals surface area contributed by atoms with Crippen LogP contribution >= 0.6 is 0 Å². The minimum Gasteiger partial charge on any atom is -0.261 e. The summed E-state index contributed by atoms with van der Waals surface area (Å²) >= 11 is 0.